The maximum absolute atomic E-state index is 10.1. The zero-order chi connectivity index (χ0) is 22.6. The molecule has 6 rings (SSSR count). The van der Waals surface area contributed by atoms with Crippen LogP contribution < -0.4 is 4.74 Å². The van der Waals surface area contributed by atoms with Gasteiger partial charge in [-0.25, -0.2) is 9.97 Å². The lowest BCUT2D eigenvalue weighted by Crippen LogP contribution is -2.30. The second-order valence-electron chi connectivity index (χ2n) is 9.19. The zero-order valence-corrected chi connectivity index (χ0v) is 19.4. The third-order valence-electron chi connectivity index (χ3n) is 5.91. The van der Waals surface area contributed by atoms with Crippen LogP contribution in [0.4, 0.5) is 0 Å². The Morgan fingerprint density at radius 1 is 1.24 bits per heavy atom. The van der Waals surface area contributed by atoms with Crippen LogP contribution >= 0.6 is 11.3 Å². The number of ether oxygens (including phenoxy) is 2. The zero-order valence-electron chi connectivity index (χ0n) is 18.6. The predicted octanol–water partition coefficient (Wildman–Crippen LogP) is 3.81. The van der Waals surface area contributed by atoms with E-state index >= 15 is 0 Å². The Kier molecular flexibility index (Phi) is 4.86. The molecule has 0 spiro atoms. The van der Waals surface area contributed by atoms with E-state index in [9.17, 15) is 5.11 Å². The predicted molar refractivity (Wildman–Crippen MR) is 125 cm³/mol. The fourth-order valence-electron chi connectivity index (χ4n) is 4.25. The molecule has 0 amide bonds. The molecule has 0 atom stereocenters. The van der Waals surface area contributed by atoms with Gasteiger partial charge in [-0.15, -0.1) is 11.3 Å². The summed E-state index contributed by atoms with van der Waals surface area (Å²) in [6, 6.07) is 6.55. The van der Waals surface area contributed by atoms with Crippen molar-refractivity contribution in [3.05, 3.63) is 47.9 Å². The summed E-state index contributed by atoms with van der Waals surface area (Å²) in [5.74, 6) is 1.73. The van der Waals surface area contributed by atoms with Gasteiger partial charge in [0.05, 0.1) is 49.9 Å². The van der Waals surface area contributed by atoms with Crippen LogP contribution in [0.5, 0.6) is 5.75 Å². The third kappa shape index (κ3) is 3.86. The van der Waals surface area contributed by atoms with Crippen molar-refractivity contribution in [3.63, 3.8) is 0 Å². The van der Waals surface area contributed by atoms with E-state index in [1.165, 1.54) is 4.88 Å². The number of aromatic nitrogens is 5. The first-order valence-corrected chi connectivity index (χ1v) is 11.9. The summed E-state index contributed by atoms with van der Waals surface area (Å²) in [5.41, 5.74) is 3.17. The van der Waals surface area contributed by atoms with Gasteiger partial charge in [0.1, 0.15) is 5.75 Å². The molecule has 0 saturated carbocycles. The summed E-state index contributed by atoms with van der Waals surface area (Å²) in [5, 5.41) is 15.4. The average molecular weight is 464 g/mol. The van der Waals surface area contributed by atoms with Gasteiger partial charge in [0.25, 0.3) is 0 Å². The maximum atomic E-state index is 10.1. The summed E-state index contributed by atoms with van der Waals surface area (Å²) < 4.78 is 15.4. The van der Waals surface area contributed by atoms with Crippen molar-refractivity contribution < 1.29 is 14.6 Å². The molecule has 1 fully saturated rings. The quantitative estimate of drug-likeness (QED) is 0.484. The number of aliphatic hydroxyl groups is 1. The van der Waals surface area contributed by atoms with Gasteiger partial charge in [-0.2, -0.15) is 5.10 Å². The molecule has 2 aliphatic rings. The van der Waals surface area contributed by atoms with Crippen LogP contribution in [0.1, 0.15) is 24.8 Å². The molecule has 2 aliphatic heterocycles. The smallest absolute Gasteiger partial charge is 0.169 e. The molecule has 4 aromatic rings. The molecule has 0 aliphatic carbocycles. The molecular formula is C24H25N5O3S. The van der Waals surface area contributed by atoms with Gasteiger partial charge in [0.2, 0.25) is 0 Å². The fraction of sp³-hybridized carbons (Fsp3) is 0.375. The van der Waals surface area contributed by atoms with Gasteiger partial charge in [0, 0.05) is 41.0 Å². The van der Waals surface area contributed by atoms with Crippen LogP contribution in [0.25, 0.3) is 33.2 Å². The van der Waals surface area contributed by atoms with E-state index in [0.29, 0.717) is 19.2 Å². The SMILES string of the molecule is CC(C)(O)Cn1cc(-c2ccc3c(c2)OCCc2sc(-c4nccn4C4COC4)nc2-3)cn1. The van der Waals surface area contributed by atoms with Crippen molar-refractivity contribution in [3.8, 4) is 39.0 Å². The Labute approximate surface area is 195 Å². The number of hydrogen-bond acceptors (Lipinski definition) is 7. The Hall–Kier alpha value is -3.01. The highest BCUT2D eigenvalue weighted by Gasteiger charge is 2.27. The lowest BCUT2D eigenvalue weighted by molar-refractivity contribution is -0.0226. The number of benzene rings is 1. The molecular weight excluding hydrogens is 438 g/mol. The third-order valence-corrected chi connectivity index (χ3v) is 7.02. The molecule has 170 valence electrons. The first-order chi connectivity index (χ1) is 15.9. The van der Waals surface area contributed by atoms with Crippen LogP contribution in [0.15, 0.2) is 43.0 Å². The highest BCUT2D eigenvalue weighted by atomic mass is 32.1. The number of rotatable bonds is 5. The van der Waals surface area contributed by atoms with Crippen LogP contribution in [0.2, 0.25) is 0 Å². The first kappa shape index (κ1) is 20.6. The first-order valence-electron chi connectivity index (χ1n) is 11.1. The minimum Gasteiger partial charge on any atom is -0.492 e. The molecule has 5 heterocycles. The molecule has 8 nitrogen and oxygen atoms in total. The normalized spacial score (nSPS) is 16.0. The van der Waals surface area contributed by atoms with Crippen LogP contribution in [0, 0.1) is 0 Å². The minimum absolute atomic E-state index is 0.335. The van der Waals surface area contributed by atoms with Crippen LogP contribution in [-0.2, 0) is 17.7 Å². The summed E-state index contributed by atoms with van der Waals surface area (Å²) in [6.07, 6.45) is 8.43. The van der Waals surface area contributed by atoms with Gasteiger partial charge in [-0.3, -0.25) is 4.68 Å². The average Bonchev–Trinajstić information content (AvgIpc) is 3.44. The molecule has 3 aromatic heterocycles. The number of hydrogen-bond donors (Lipinski definition) is 1. The molecule has 1 aromatic carbocycles. The Balaban J connectivity index is 1.34. The van der Waals surface area contributed by atoms with E-state index in [2.05, 4.69) is 32.8 Å². The molecule has 0 radical (unpaired) electrons. The molecule has 1 saturated heterocycles. The molecule has 9 heteroatoms. The molecule has 0 unspecified atom stereocenters. The van der Waals surface area contributed by atoms with E-state index < -0.39 is 5.60 Å². The van der Waals surface area contributed by atoms with E-state index in [4.69, 9.17) is 14.5 Å². The van der Waals surface area contributed by atoms with E-state index in [0.717, 1.165) is 58.6 Å². The molecule has 33 heavy (non-hydrogen) atoms. The van der Waals surface area contributed by atoms with E-state index in [1.54, 1.807) is 29.9 Å². The molecule has 0 bridgehead atoms. The van der Waals surface area contributed by atoms with Crippen LogP contribution in [0.3, 0.4) is 0 Å². The van der Waals surface area contributed by atoms with Crippen LogP contribution in [-0.4, -0.2) is 54.8 Å². The van der Waals surface area contributed by atoms with Gasteiger partial charge in [-0.1, -0.05) is 6.07 Å². The standard InChI is InChI=1S/C24H25N5O3S/c1-24(2,30)14-28-11-16(10-26-28)15-3-4-18-19(9-15)32-8-5-20-21(18)27-23(33-20)22-25-6-7-29(22)17-12-31-13-17/h3-4,6-7,9-11,17,30H,5,8,12-14H2,1-2H3. The Morgan fingerprint density at radius 2 is 2.12 bits per heavy atom. The number of nitrogens with zero attached hydrogens (tertiary/aromatic N) is 5. The summed E-state index contributed by atoms with van der Waals surface area (Å²) in [6.45, 7) is 6.03. The van der Waals surface area contributed by atoms with E-state index in [-0.39, 0.29) is 0 Å². The van der Waals surface area contributed by atoms with Gasteiger partial charge in [-0.05, 0) is 31.5 Å². The van der Waals surface area contributed by atoms with Gasteiger partial charge < -0.3 is 19.1 Å². The largest absolute Gasteiger partial charge is 0.492 e. The summed E-state index contributed by atoms with van der Waals surface area (Å²) >= 11 is 1.69. The highest BCUT2D eigenvalue weighted by molar-refractivity contribution is 7.15. The Bertz CT molecular complexity index is 1310. The van der Waals surface area contributed by atoms with E-state index in [1.807, 2.05) is 24.8 Å². The van der Waals surface area contributed by atoms with Crippen molar-refractivity contribution in [2.45, 2.75) is 38.5 Å². The second kappa shape index (κ2) is 7.79. The lowest BCUT2D eigenvalue weighted by atomic mass is 10.0. The topological polar surface area (TPSA) is 87.2 Å². The Morgan fingerprint density at radius 3 is 2.91 bits per heavy atom. The van der Waals surface area contributed by atoms with Crippen molar-refractivity contribution in [1.29, 1.82) is 0 Å². The monoisotopic (exact) mass is 463 g/mol. The highest BCUT2D eigenvalue weighted by Crippen LogP contribution is 2.42. The summed E-state index contributed by atoms with van der Waals surface area (Å²) in [4.78, 5) is 10.8. The number of imidazole rings is 1. The van der Waals surface area contributed by atoms with Crippen molar-refractivity contribution in [2.24, 2.45) is 0 Å². The number of fused-ring (bicyclic) bond motifs is 3. The van der Waals surface area contributed by atoms with Crippen molar-refractivity contribution >= 4 is 11.3 Å². The van der Waals surface area contributed by atoms with Gasteiger partial charge in [0.15, 0.2) is 10.8 Å². The minimum atomic E-state index is -0.820. The number of thiazole rings is 1. The van der Waals surface area contributed by atoms with Crippen molar-refractivity contribution in [2.75, 3.05) is 19.8 Å². The fourth-order valence-corrected chi connectivity index (χ4v) is 5.31. The summed E-state index contributed by atoms with van der Waals surface area (Å²) in [7, 11) is 0. The van der Waals surface area contributed by atoms with Crippen molar-refractivity contribution in [1.82, 2.24) is 24.3 Å². The lowest BCUT2D eigenvalue weighted by Gasteiger charge is -2.28. The maximum Gasteiger partial charge on any atom is 0.169 e. The van der Waals surface area contributed by atoms with Gasteiger partial charge >= 0.3 is 0 Å². The second-order valence-corrected chi connectivity index (χ2v) is 10.3. The molecule has 1 N–H and O–H groups in total.